The minimum absolute atomic E-state index is 0.183. The SMILES string of the molecule is CCNC(=NCC1(c2ccccc2Br)CC1)NC(C)Cc1c(C)nn(C)c1C. The van der Waals surface area contributed by atoms with E-state index in [1.165, 1.54) is 34.1 Å². The second kappa shape index (κ2) is 8.68. The zero-order chi connectivity index (χ0) is 20.3. The van der Waals surface area contributed by atoms with Crippen molar-refractivity contribution in [2.75, 3.05) is 13.1 Å². The molecule has 1 saturated carbocycles. The highest BCUT2D eigenvalue weighted by atomic mass is 79.9. The molecule has 1 aromatic heterocycles. The predicted molar refractivity (Wildman–Crippen MR) is 120 cm³/mol. The van der Waals surface area contributed by atoms with Crippen LogP contribution < -0.4 is 10.6 Å². The summed E-state index contributed by atoms with van der Waals surface area (Å²) in [6.07, 6.45) is 3.33. The van der Waals surface area contributed by atoms with Crippen LogP contribution in [0.4, 0.5) is 0 Å². The summed E-state index contributed by atoms with van der Waals surface area (Å²) < 4.78 is 3.15. The van der Waals surface area contributed by atoms with Crippen LogP contribution in [0.15, 0.2) is 33.7 Å². The predicted octanol–water partition coefficient (Wildman–Crippen LogP) is 4.02. The summed E-state index contributed by atoms with van der Waals surface area (Å²) in [4.78, 5) is 4.95. The fourth-order valence-electron chi connectivity index (χ4n) is 3.81. The molecule has 0 amide bonds. The van der Waals surface area contributed by atoms with E-state index in [9.17, 15) is 0 Å². The summed E-state index contributed by atoms with van der Waals surface area (Å²) in [5.74, 6) is 0.896. The Kier molecular flexibility index (Phi) is 6.48. The van der Waals surface area contributed by atoms with Crippen LogP contribution in [0.25, 0.3) is 0 Å². The molecule has 1 unspecified atom stereocenters. The van der Waals surface area contributed by atoms with Gasteiger partial charge in [-0.2, -0.15) is 5.10 Å². The Morgan fingerprint density at radius 3 is 2.61 bits per heavy atom. The van der Waals surface area contributed by atoms with Gasteiger partial charge in [-0.25, -0.2) is 0 Å². The van der Waals surface area contributed by atoms with Crippen LogP contribution in [0.5, 0.6) is 0 Å². The van der Waals surface area contributed by atoms with Crippen molar-refractivity contribution < 1.29 is 0 Å². The van der Waals surface area contributed by atoms with Crippen LogP contribution in [0.1, 0.15) is 49.2 Å². The molecular formula is C22H32BrN5. The van der Waals surface area contributed by atoms with E-state index in [1.54, 1.807) is 0 Å². The summed E-state index contributed by atoms with van der Waals surface area (Å²) in [6, 6.07) is 8.82. The highest BCUT2D eigenvalue weighted by Crippen LogP contribution is 2.50. The molecule has 1 fully saturated rings. The van der Waals surface area contributed by atoms with Crippen LogP contribution in [0, 0.1) is 13.8 Å². The maximum absolute atomic E-state index is 4.95. The highest BCUT2D eigenvalue weighted by Gasteiger charge is 2.45. The average Bonchev–Trinajstić information content (AvgIpc) is 3.40. The number of halogens is 1. The maximum Gasteiger partial charge on any atom is 0.191 e. The maximum atomic E-state index is 4.95. The molecule has 1 aliphatic rings. The fraction of sp³-hybridized carbons (Fsp3) is 0.545. The Labute approximate surface area is 177 Å². The Hall–Kier alpha value is -1.82. The molecule has 2 N–H and O–H groups in total. The topological polar surface area (TPSA) is 54.2 Å². The van der Waals surface area contributed by atoms with E-state index in [0.717, 1.165) is 31.2 Å². The molecule has 1 atom stereocenters. The Morgan fingerprint density at radius 1 is 1.32 bits per heavy atom. The van der Waals surface area contributed by atoms with Crippen molar-refractivity contribution in [2.24, 2.45) is 12.0 Å². The molecule has 1 aliphatic carbocycles. The van der Waals surface area contributed by atoms with E-state index in [-0.39, 0.29) is 11.5 Å². The van der Waals surface area contributed by atoms with Crippen LogP contribution in [-0.2, 0) is 18.9 Å². The number of hydrogen-bond donors (Lipinski definition) is 2. The molecule has 0 bridgehead atoms. The minimum atomic E-state index is 0.183. The third kappa shape index (κ3) is 4.59. The van der Waals surface area contributed by atoms with Crippen LogP contribution in [0.2, 0.25) is 0 Å². The van der Waals surface area contributed by atoms with Gasteiger partial charge in [-0.15, -0.1) is 0 Å². The summed E-state index contributed by atoms with van der Waals surface area (Å²) in [5.41, 5.74) is 5.23. The third-order valence-electron chi connectivity index (χ3n) is 5.74. The van der Waals surface area contributed by atoms with E-state index in [4.69, 9.17) is 4.99 Å². The van der Waals surface area contributed by atoms with E-state index >= 15 is 0 Å². The molecule has 1 heterocycles. The van der Waals surface area contributed by atoms with Crippen molar-refractivity contribution in [2.45, 2.75) is 58.4 Å². The number of aromatic nitrogens is 2. The molecule has 5 nitrogen and oxygen atoms in total. The van der Waals surface area contributed by atoms with Gasteiger partial charge in [0.2, 0.25) is 0 Å². The number of hydrogen-bond acceptors (Lipinski definition) is 2. The first kappa shape index (κ1) is 20.9. The van der Waals surface area contributed by atoms with Crippen molar-refractivity contribution in [3.8, 4) is 0 Å². The minimum Gasteiger partial charge on any atom is -0.357 e. The van der Waals surface area contributed by atoms with Crippen LogP contribution in [-0.4, -0.2) is 34.9 Å². The lowest BCUT2D eigenvalue weighted by Gasteiger charge is -2.20. The third-order valence-corrected chi connectivity index (χ3v) is 6.43. The van der Waals surface area contributed by atoms with Crippen molar-refractivity contribution in [1.82, 2.24) is 20.4 Å². The number of rotatable bonds is 7. The number of aryl methyl sites for hydroxylation is 2. The number of aliphatic imine (C=N–C) groups is 1. The standard InChI is InChI=1S/C22H32BrN5/c1-6-24-21(26-15(2)13-18-16(3)27-28(5)17(18)4)25-14-22(11-12-22)19-9-7-8-10-20(19)23/h7-10,15H,6,11-14H2,1-5H3,(H2,24,25,26). The van der Waals surface area contributed by atoms with Gasteiger partial charge in [0.05, 0.1) is 12.2 Å². The second-order valence-corrected chi connectivity index (χ2v) is 8.83. The molecule has 152 valence electrons. The van der Waals surface area contributed by atoms with Gasteiger partial charge in [0.15, 0.2) is 5.96 Å². The lowest BCUT2D eigenvalue weighted by molar-refractivity contribution is 0.627. The normalized spacial score (nSPS) is 16.7. The number of guanidine groups is 1. The first-order valence-corrected chi connectivity index (χ1v) is 10.9. The van der Waals surface area contributed by atoms with E-state index in [0.29, 0.717) is 0 Å². The van der Waals surface area contributed by atoms with Gasteiger partial charge in [-0.3, -0.25) is 9.67 Å². The zero-order valence-corrected chi connectivity index (χ0v) is 19.2. The van der Waals surface area contributed by atoms with Gasteiger partial charge in [0, 0.05) is 35.2 Å². The van der Waals surface area contributed by atoms with Gasteiger partial charge in [0.25, 0.3) is 0 Å². The van der Waals surface area contributed by atoms with Crippen LogP contribution >= 0.6 is 15.9 Å². The summed E-state index contributed by atoms with van der Waals surface area (Å²) in [6.45, 7) is 10.2. The molecule has 1 aromatic carbocycles. The Balaban J connectivity index is 1.68. The van der Waals surface area contributed by atoms with Gasteiger partial charge < -0.3 is 10.6 Å². The molecule has 28 heavy (non-hydrogen) atoms. The summed E-state index contributed by atoms with van der Waals surface area (Å²) >= 11 is 3.72. The molecule has 0 aliphatic heterocycles. The van der Waals surface area contributed by atoms with Crippen molar-refractivity contribution >= 4 is 21.9 Å². The van der Waals surface area contributed by atoms with E-state index in [2.05, 4.69) is 83.6 Å². The lowest BCUT2D eigenvalue weighted by atomic mass is 9.96. The monoisotopic (exact) mass is 445 g/mol. The molecule has 0 radical (unpaired) electrons. The molecule has 2 aromatic rings. The molecule has 6 heteroatoms. The molecule has 0 spiro atoms. The van der Waals surface area contributed by atoms with E-state index < -0.39 is 0 Å². The van der Waals surface area contributed by atoms with Crippen molar-refractivity contribution in [3.05, 3.63) is 51.3 Å². The number of nitrogens with one attached hydrogen (secondary N) is 2. The summed E-state index contributed by atoms with van der Waals surface area (Å²) in [5, 5.41) is 11.5. The van der Waals surface area contributed by atoms with Gasteiger partial charge in [-0.05, 0) is 64.2 Å². The first-order valence-electron chi connectivity index (χ1n) is 10.1. The Morgan fingerprint density at radius 2 is 2.04 bits per heavy atom. The van der Waals surface area contributed by atoms with Crippen molar-refractivity contribution in [3.63, 3.8) is 0 Å². The zero-order valence-electron chi connectivity index (χ0n) is 17.6. The van der Waals surface area contributed by atoms with Gasteiger partial charge in [0.1, 0.15) is 0 Å². The molecular weight excluding hydrogens is 414 g/mol. The smallest absolute Gasteiger partial charge is 0.191 e. The second-order valence-electron chi connectivity index (χ2n) is 7.98. The van der Waals surface area contributed by atoms with Crippen LogP contribution in [0.3, 0.4) is 0 Å². The average molecular weight is 446 g/mol. The molecule has 0 saturated heterocycles. The first-order chi connectivity index (χ1) is 13.4. The summed E-state index contributed by atoms with van der Waals surface area (Å²) in [7, 11) is 2.01. The Bertz CT molecular complexity index is 851. The molecule has 3 rings (SSSR count). The fourth-order valence-corrected chi connectivity index (χ4v) is 4.51. The van der Waals surface area contributed by atoms with Gasteiger partial charge in [-0.1, -0.05) is 34.1 Å². The number of benzene rings is 1. The highest BCUT2D eigenvalue weighted by molar-refractivity contribution is 9.10. The quantitative estimate of drug-likeness (QED) is 0.499. The van der Waals surface area contributed by atoms with E-state index in [1.807, 2.05) is 11.7 Å². The lowest BCUT2D eigenvalue weighted by Crippen LogP contribution is -2.43. The number of nitrogens with zero attached hydrogens (tertiary/aromatic N) is 3. The van der Waals surface area contributed by atoms with Gasteiger partial charge >= 0.3 is 0 Å². The van der Waals surface area contributed by atoms with Crippen molar-refractivity contribution in [1.29, 1.82) is 0 Å². The largest absolute Gasteiger partial charge is 0.357 e.